The summed E-state index contributed by atoms with van der Waals surface area (Å²) >= 11 is 0. The number of hydrogen-bond donors (Lipinski definition) is 1. The molecule has 0 spiro atoms. The lowest BCUT2D eigenvalue weighted by molar-refractivity contribution is -0.147. The summed E-state index contributed by atoms with van der Waals surface area (Å²) in [5, 5.41) is -1.98. The van der Waals surface area contributed by atoms with Gasteiger partial charge in [0.15, 0.2) is 5.25 Å². The van der Waals surface area contributed by atoms with E-state index in [1.165, 1.54) is 44.6 Å². The van der Waals surface area contributed by atoms with Gasteiger partial charge in [-0.3, -0.25) is 14.1 Å². The van der Waals surface area contributed by atoms with Crippen molar-refractivity contribution >= 4 is 22.1 Å². The molecule has 0 saturated carbocycles. The van der Waals surface area contributed by atoms with Crippen LogP contribution in [0.3, 0.4) is 0 Å². The summed E-state index contributed by atoms with van der Waals surface area (Å²) in [7, 11) is -4.75. The molecule has 0 aliphatic carbocycles. The Morgan fingerprint density at radius 3 is 1.96 bits per heavy atom. The van der Waals surface area contributed by atoms with E-state index in [0.29, 0.717) is 6.42 Å². The van der Waals surface area contributed by atoms with Gasteiger partial charge in [0.05, 0.1) is 19.3 Å². The highest BCUT2D eigenvalue weighted by Gasteiger charge is 2.35. The van der Waals surface area contributed by atoms with E-state index in [1.807, 2.05) is 0 Å². The average molecular weight is 407 g/mol. The fourth-order valence-electron chi connectivity index (χ4n) is 2.51. The number of allylic oxidation sites excluding steroid dienone is 1. The predicted molar refractivity (Wildman–Crippen MR) is 104 cm³/mol. The Morgan fingerprint density at radius 2 is 1.48 bits per heavy atom. The Hall–Kier alpha value is -1.41. The summed E-state index contributed by atoms with van der Waals surface area (Å²) in [6.07, 6.45) is 13.0. The monoisotopic (exact) mass is 406 g/mol. The van der Waals surface area contributed by atoms with Gasteiger partial charge < -0.3 is 9.47 Å². The number of rotatable bonds is 16. The first kappa shape index (κ1) is 25.6. The van der Waals surface area contributed by atoms with E-state index in [4.69, 9.17) is 9.29 Å². The molecule has 0 rings (SSSR count). The van der Waals surface area contributed by atoms with E-state index >= 15 is 0 Å². The lowest BCUT2D eigenvalue weighted by Crippen LogP contribution is -2.33. The van der Waals surface area contributed by atoms with Crippen LogP contribution in [0.25, 0.3) is 0 Å². The van der Waals surface area contributed by atoms with E-state index in [1.54, 1.807) is 6.92 Å². The third kappa shape index (κ3) is 14.3. The molecule has 0 radical (unpaired) electrons. The molecule has 0 saturated heterocycles. The molecule has 8 heteroatoms. The SMILES string of the molecule is C/C=C/OC(=O)C(CC(=O)OCCCCCCCCCCCC)S(=O)(=O)O. The van der Waals surface area contributed by atoms with Crippen molar-refractivity contribution in [1.29, 1.82) is 0 Å². The van der Waals surface area contributed by atoms with Crippen molar-refractivity contribution in [3.05, 3.63) is 12.3 Å². The van der Waals surface area contributed by atoms with E-state index in [9.17, 15) is 18.0 Å². The lowest BCUT2D eigenvalue weighted by Gasteiger charge is -2.11. The van der Waals surface area contributed by atoms with Crippen LogP contribution in [0, 0.1) is 0 Å². The minimum absolute atomic E-state index is 0.164. The molecule has 0 aromatic rings. The Morgan fingerprint density at radius 1 is 0.963 bits per heavy atom. The first-order chi connectivity index (χ1) is 12.8. The zero-order valence-electron chi connectivity index (χ0n) is 16.5. The highest BCUT2D eigenvalue weighted by atomic mass is 32.2. The summed E-state index contributed by atoms with van der Waals surface area (Å²) in [4.78, 5) is 23.3. The van der Waals surface area contributed by atoms with Gasteiger partial charge in [0.2, 0.25) is 0 Å². The molecule has 0 aromatic heterocycles. The van der Waals surface area contributed by atoms with Crippen LogP contribution in [0.5, 0.6) is 0 Å². The van der Waals surface area contributed by atoms with Crippen LogP contribution in [0.15, 0.2) is 12.3 Å². The van der Waals surface area contributed by atoms with Gasteiger partial charge in [0.25, 0.3) is 10.1 Å². The van der Waals surface area contributed by atoms with Gasteiger partial charge in [-0.05, 0) is 13.3 Å². The zero-order chi connectivity index (χ0) is 20.5. The number of esters is 2. The second-order valence-electron chi connectivity index (χ2n) is 6.52. The Bertz CT molecular complexity index is 540. The minimum Gasteiger partial charge on any atom is -0.466 e. The third-order valence-electron chi connectivity index (χ3n) is 4.06. The second-order valence-corrected chi connectivity index (χ2v) is 8.12. The van der Waals surface area contributed by atoms with Crippen LogP contribution < -0.4 is 0 Å². The van der Waals surface area contributed by atoms with E-state index in [-0.39, 0.29) is 6.61 Å². The second kappa shape index (κ2) is 15.6. The highest BCUT2D eigenvalue weighted by molar-refractivity contribution is 7.87. The predicted octanol–water partition coefficient (Wildman–Crippen LogP) is 4.17. The van der Waals surface area contributed by atoms with E-state index < -0.39 is 33.7 Å². The standard InChI is InChI=1S/C19H34O7S/c1-3-5-6-7-8-9-10-11-12-13-15-25-18(20)16-17(27(22,23)24)19(21)26-14-4-2/h4,14,17H,3,5-13,15-16H2,1-2H3,(H,22,23,24)/b14-4+. The van der Waals surface area contributed by atoms with Gasteiger partial charge in [-0.25, -0.2) is 0 Å². The van der Waals surface area contributed by atoms with Crippen molar-refractivity contribution < 1.29 is 32.0 Å². The minimum atomic E-state index is -4.75. The summed E-state index contributed by atoms with van der Waals surface area (Å²) in [5.74, 6) is -2.07. The molecule has 1 unspecified atom stereocenters. The van der Waals surface area contributed by atoms with E-state index in [0.717, 1.165) is 25.5 Å². The quantitative estimate of drug-likeness (QED) is 0.177. The van der Waals surface area contributed by atoms with Crippen LogP contribution >= 0.6 is 0 Å². The Labute approximate surface area is 163 Å². The molecule has 0 aliphatic heterocycles. The maximum Gasteiger partial charge on any atom is 0.332 e. The van der Waals surface area contributed by atoms with Gasteiger partial charge in [-0.2, -0.15) is 8.42 Å². The smallest absolute Gasteiger partial charge is 0.332 e. The molecule has 0 bridgehead atoms. The summed E-state index contributed by atoms with van der Waals surface area (Å²) in [6, 6.07) is 0. The molecule has 1 atom stereocenters. The molecule has 0 fully saturated rings. The van der Waals surface area contributed by atoms with Crippen molar-refractivity contribution in [2.45, 2.75) is 89.7 Å². The molecular weight excluding hydrogens is 372 g/mol. The van der Waals surface area contributed by atoms with Crippen LogP contribution in [-0.2, 0) is 29.2 Å². The first-order valence-electron chi connectivity index (χ1n) is 9.76. The van der Waals surface area contributed by atoms with Crippen LogP contribution in [-0.4, -0.2) is 36.8 Å². The molecule has 158 valence electrons. The van der Waals surface area contributed by atoms with Gasteiger partial charge in [-0.1, -0.05) is 70.8 Å². The number of unbranched alkanes of at least 4 members (excludes halogenated alkanes) is 9. The number of ether oxygens (including phenoxy) is 2. The van der Waals surface area contributed by atoms with Crippen LogP contribution in [0.1, 0.15) is 84.5 Å². The van der Waals surface area contributed by atoms with Gasteiger partial charge >= 0.3 is 11.9 Å². The molecule has 1 N–H and O–H groups in total. The highest BCUT2D eigenvalue weighted by Crippen LogP contribution is 2.12. The van der Waals surface area contributed by atoms with Gasteiger partial charge in [-0.15, -0.1) is 0 Å². The normalized spacial score (nSPS) is 12.9. The maximum atomic E-state index is 11.7. The van der Waals surface area contributed by atoms with Crippen LogP contribution in [0.2, 0.25) is 0 Å². The number of carbonyl (C=O) groups excluding carboxylic acids is 2. The fraction of sp³-hybridized carbons (Fsp3) is 0.789. The summed E-state index contributed by atoms with van der Waals surface area (Å²) in [6.45, 7) is 3.93. The fourth-order valence-corrected chi connectivity index (χ4v) is 3.15. The third-order valence-corrected chi connectivity index (χ3v) is 5.13. The van der Waals surface area contributed by atoms with Gasteiger partial charge in [0.1, 0.15) is 0 Å². The molecular formula is C19H34O7S. The van der Waals surface area contributed by atoms with Crippen molar-refractivity contribution in [3.8, 4) is 0 Å². The summed E-state index contributed by atoms with van der Waals surface area (Å²) < 4.78 is 41.1. The Balaban J connectivity index is 3.92. The van der Waals surface area contributed by atoms with Crippen LogP contribution in [0.4, 0.5) is 0 Å². The van der Waals surface area contributed by atoms with Crippen molar-refractivity contribution in [1.82, 2.24) is 0 Å². The molecule has 0 amide bonds. The molecule has 0 aliphatic rings. The topological polar surface area (TPSA) is 107 Å². The van der Waals surface area contributed by atoms with Crippen molar-refractivity contribution in [2.75, 3.05) is 6.61 Å². The zero-order valence-corrected chi connectivity index (χ0v) is 17.3. The summed E-state index contributed by atoms with van der Waals surface area (Å²) in [5.41, 5.74) is 0. The molecule has 7 nitrogen and oxygen atoms in total. The van der Waals surface area contributed by atoms with E-state index in [2.05, 4.69) is 11.7 Å². The average Bonchev–Trinajstić information content (AvgIpc) is 2.61. The van der Waals surface area contributed by atoms with Gasteiger partial charge in [0, 0.05) is 0 Å². The molecule has 0 heterocycles. The first-order valence-corrected chi connectivity index (χ1v) is 11.3. The number of carbonyl (C=O) groups is 2. The van der Waals surface area contributed by atoms with Crippen molar-refractivity contribution in [2.24, 2.45) is 0 Å². The lowest BCUT2D eigenvalue weighted by atomic mass is 10.1. The largest absolute Gasteiger partial charge is 0.466 e. The Kier molecular flexibility index (Phi) is 14.8. The molecule has 0 aromatic carbocycles. The maximum absolute atomic E-state index is 11.7. The van der Waals surface area contributed by atoms with Crippen molar-refractivity contribution in [3.63, 3.8) is 0 Å². The molecule has 27 heavy (non-hydrogen) atoms. The number of hydrogen-bond acceptors (Lipinski definition) is 6.